The van der Waals surface area contributed by atoms with Gasteiger partial charge in [-0.15, -0.1) is 24.0 Å². The molecular formula is C21H33IN4O. The monoisotopic (exact) mass is 484 g/mol. The number of nitrogens with one attached hydrogen (secondary N) is 2. The van der Waals surface area contributed by atoms with Gasteiger partial charge < -0.3 is 15.2 Å². The third kappa shape index (κ3) is 7.52. The summed E-state index contributed by atoms with van der Waals surface area (Å²) in [7, 11) is 0. The van der Waals surface area contributed by atoms with Gasteiger partial charge in [-0.2, -0.15) is 0 Å². The second-order valence-electron chi connectivity index (χ2n) is 6.93. The normalized spacial score (nSPS) is 13.6. The molecule has 0 aliphatic carbocycles. The third-order valence-electron chi connectivity index (χ3n) is 4.54. The summed E-state index contributed by atoms with van der Waals surface area (Å²) in [6.07, 6.45) is 2.12. The number of guanidine groups is 1. The van der Waals surface area contributed by atoms with E-state index in [0.29, 0.717) is 12.6 Å². The van der Waals surface area contributed by atoms with Crippen LogP contribution in [0, 0.1) is 13.8 Å². The van der Waals surface area contributed by atoms with E-state index in [1.165, 1.54) is 11.1 Å². The topological polar surface area (TPSA) is 62.5 Å². The molecule has 0 saturated carbocycles. The summed E-state index contributed by atoms with van der Waals surface area (Å²) in [4.78, 5) is 4.77. The molecule has 1 aromatic carbocycles. The number of aryl methyl sites for hydroxylation is 3. The van der Waals surface area contributed by atoms with Gasteiger partial charge in [0.2, 0.25) is 0 Å². The van der Waals surface area contributed by atoms with E-state index in [2.05, 4.69) is 66.9 Å². The zero-order valence-electron chi connectivity index (χ0n) is 17.1. The molecule has 2 atom stereocenters. The highest BCUT2D eigenvalue weighted by Crippen LogP contribution is 2.23. The Morgan fingerprint density at radius 2 is 1.89 bits per heavy atom. The van der Waals surface area contributed by atoms with Crippen LogP contribution >= 0.6 is 24.0 Å². The minimum absolute atomic E-state index is 0. The number of aromatic nitrogens is 1. The Bertz CT molecular complexity index is 680. The SMILES string of the molecule is CCNC(=NCC(C)c1c(C)noc1C)NC(C)CCc1ccccc1.I. The highest BCUT2D eigenvalue weighted by Gasteiger charge is 2.16. The minimum atomic E-state index is 0. The van der Waals surface area contributed by atoms with Crippen molar-refractivity contribution in [1.82, 2.24) is 15.8 Å². The lowest BCUT2D eigenvalue weighted by molar-refractivity contribution is 0.391. The quantitative estimate of drug-likeness (QED) is 0.327. The zero-order chi connectivity index (χ0) is 18.9. The van der Waals surface area contributed by atoms with Crippen molar-refractivity contribution >= 4 is 29.9 Å². The number of halogens is 1. The predicted octanol–water partition coefficient (Wildman–Crippen LogP) is 4.59. The summed E-state index contributed by atoms with van der Waals surface area (Å²) in [5.74, 6) is 2.03. The maximum absolute atomic E-state index is 5.28. The van der Waals surface area contributed by atoms with Crippen LogP contribution in [0.3, 0.4) is 0 Å². The maximum atomic E-state index is 5.28. The number of rotatable bonds is 8. The molecule has 2 N–H and O–H groups in total. The highest BCUT2D eigenvalue weighted by atomic mass is 127. The molecule has 0 bridgehead atoms. The van der Waals surface area contributed by atoms with Gasteiger partial charge >= 0.3 is 0 Å². The van der Waals surface area contributed by atoms with Crippen LogP contribution in [-0.2, 0) is 6.42 Å². The predicted molar refractivity (Wildman–Crippen MR) is 123 cm³/mol. The Kier molecular flexibility index (Phi) is 10.4. The van der Waals surface area contributed by atoms with Crippen molar-refractivity contribution in [2.75, 3.05) is 13.1 Å². The second-order valence-corrected chi connectivity index (χ2v) is 6.93. The number of benzene rings is 1. The molecule has 2 rings (SSSR count). The first-order valence-electron chi connectivity index (χ1n) is 9.52. The maximum Gasteiger partial charge on any atom is 0.191 e. The van der Waals surface area contributed by atoms with Gasteiger partial charge in [0.25, 0.3) is 0 Å². The molecule has 27 heavy (non-hydrogen) atoms. The highest BCUT2D eigenvalue weighted by molar-refractivity contribution is 14.0. The van der Waals surface area contributed by atoms with E-state index in [1.807, 2.05) is 13.8 Å². The largest absolute Gasteiger partial charge is 0.361 e. The van der Waals surface area contributed by atoms with Gasteiger partial charge in [0.1, 0.15) is 5.76 Å². The molecule has 0 radical (unpaired) electrons. The summed E-state index contributed by atoms with van der Waals surface area (Å²) in [5, 5.41) is 10.9. The smallest absolute Gasteiger partial charge is 0.191 e. The first kappa shape index (κ1) is 23.5. The lowest BCUT2D eigenvalue weighted by Crippen LogP contribution is -2.42. The van der Waals surface area contributed by atoms with Crippen LogP contribution < -0.4 is 10.6 Å². The summed E-state index contributed by atoms with van der Waals surface area (Å²) < 4.78 is 5.28. The molecule has 0 spiro atoms. The summed E-state index contributed by atoms with van der Waals surface area (Å²) in [6, 6.07) is 10.9. The number of nitrogens with zero attached hydrogens (tertiary/aromatic N) is 2. The first-order chi connectivity index (χ1) is 12.5. The Balaban J connectivity index is 0.00000364. The fraction of sp³-hybridized carbons (Fsp3) is 0.524. The van der Waals surface area contributed by atoms with E-state index >= 15 is 0 Å². The number of aliphatic imine (C=N–C) groups is 1. The van der Waals surface area contributed by atoms with Crippen LogP contribution in [0.4, 0.5) is 0 Å². The molecule has 1 heterocycles. The Labute approximate surface area is 180 Å². The third-order valence-corrected chi connectivity index (χ3v) is 4.54. The van der Waals surface area contributed by atoms with Crippen molar-refractivity contribution in [3.05, 3.63) is 52.9 Å². The minimum Gasteiger partial charge on any atom is -0.361 e. The molecule has 0 aliphatic rings. The van der Waals surface area contributed by atoms with E-state index in [0.717, 1.165) is 36.8 Å². The second kappa shape index (κ2) is 12.0. The molecule has 2 aromatic rings. The number of hydrogen-bond acceptors (Lipinski definition) is 3. The van der Waals surface area contributed by atoms with Gasteiger partial charge in [0, 0.05) is 30.6 Å². The molecule has 150 valence electrons. The molecule has 0 fully saturated rings. The summed E-state index contributed by atoms with van der Waals surface area (Å²) >= 11 is 0. The van der Waals surface area contributed by atoms with Gasteiger partial charge in [-0.3, -0.25) is 4.99 Å². The molecular weight excluding hydrogens is 451 g/mol. The van der Waals surface area contributed by atoms with E-state index in [1.54, 1.807) is 0 Å². The zero-order valence-corrected chi connectivity index (χ0v) is 19.4. The average Bonchev–Trinajstić information content (AvgIpc) is 2.97. The standard InChI is InChI=1S/C21H32N4O.HI/c1-6-22-21(23-14-15(2)20-17(4)25-26-18(20)5)24-16(3)12-13-19-10-8-7-9-11-19;/h7-11,15-16H,6,12-14H2,1-5H3,(H2,22,23,24);1H. The average molecular weight is 484 g/mol. The van der Waals surface area contributed by atoms with Crippen molar-refractivity contribution in [1.29, 1.82) is 0 Å². The molecule has 0 saturated heterocycles. The van der Waals surface area contributed by atoms with Gasteiger partial charge in [-0.25, -0.2) is 0 Å². The van der Waals surface area contributed by atoms with Gasteiger partial charge in [0.15, 0.2) is 5.96 Å². The fourth-order valence-corrected chi connectivity index (χ4v) is 3.17. The number of hydrogen-bond donors (Lipinski definition) is 2. The van der Waals surface area contributed by atoms with Crippen LogP contribution in [0.2, 0.25) is 0 Å². The first-order valence-corrected chi connectivity index (χ1v) is 9.52. The van der Waals surface area contributed by atoms with E-state index in [9.17, 15) is 0 Å². The fourth-order valence-electron chi connectivity index (χ4n) is 3.17. The lowest BCUT2D eigenvalue weighted by atomic mass is 10.00. The Morgan fingerprint density at radius 3 is 2.48 bits per heavy atom. The summed E-state index contributed by atoms with van der Waals surface area (Å²) in [5.41, 5.74) is 3.50. The molecule has 6 heteroatoms. The van der Waals surface area contributed by atoms with Crippen LogP contribution in [0.15, 0.2) is 39.8 Å². The van der Waals surface area contributed by atoms with Crippen molar-refractivity contribution < 1.29 is 4.52 Å². The molecule has 1 aromatic heterocycles. The van der Waals surface area contributed by atoms with Crippen LogP contribution in [0.25, 0.3) is 0 Å². The molecule has 5 nitrogen and oxygen atoms in total. The van der Waals surface area contributed by atoms with E-state index < -0.39 is 0 Å². The van der Waals surface area contributed by atoms with Crippen LogP contribution in [0.1, 0.15) is 55.7 Å². The Morgan fingerprint density at radius 1 is 1.19 bits per heavy atom. The summed E-state index contributed by atoms with van der Waals surface area (Å²) in [6.45, 7) is 11.9. The van der Waals surface area contributed by atoms with E-state index in [4.69, 9.17) is 9.52 Å². The van der Waals surface area contributed by atoms with Crippen LogP contribution in [-0.4, -0.2) is 30.2 Å². The van der Waals surface area contributed by atoms with Crippen molar-refractivity contribution in [2.45, 2.75) is 59.4 Å². The molecule has 0 amide bonds. The van der Waals surface area contributed by atoms with Crippen molar-refractivity contribution in [2.24, 2.45) is 4.99 Å². The van der Waals surface area contributed by atoms with Crippen molar-refractivity contribution in [3.8, 4) is 0 Å². The van der Waals surface area contributed by atoms with Gasteiger partial charge in [0.05, 0.1) is 5.69 Å². The molecule has 0 aliphatic heterocycles. The van der Waals surface area contributed by atoms with Crippen molar-refractivity contribution in [3.63, 3.8) is 0 Å². The lowest BCUT2D eigenvalue weighted by Gasteiger charge is -2.18. The van der Waals surface area contributed by atoms with Gasteiger partial charge in [-0.1, -0.05) is 42.4 Å². The molecule has 2 unspecified atom stereocenters. The Hall–Kier alpha value is -1.57. The van der Waals surface area contributed by atoms with E-state index in [-0.39, 0.29) is 29.9 Å². The van der Waals surface area contributed by atoms with Gasteiger partial charge in [-0.05, 0) is 46.1 Å². The van der Waals surface area contributed by atoms with Crippen LogP contribution in [0.5, 0.6) is 0 Å².